The third-order valence-electron chi connectivity index (χ3n) is 2.32. The zero-order chi connectivity index (χ0) is 10.8. The Morgan fingerprint density at radius 1 is 1.53 bits per heavy atom. The summed E-state index contributed by atoms with van der Waals surface area (Å²) in [4.78, 5) is 3.13. The van der Waals surface area contributed by atoms with Gasteiger partial charge in [-0.15, -0.1) is 0 Å². The van der Waals surface area contributed by atoms with E-state index in [1.165, 1.54) is 0 Å². The molecule has 1 N–H and O–H groups in total. The van der Waals surface area contributed by atoms with Crippen LogP contribution in [0.3, 0.4) is 0 Å². The highest BCUT2D eigenvalue weighted by molar-refractivity contribution is 9.10. The van der Waals surface area contributed by atoms with Crippen LogP contribution in [-0.2, 0) is 6.42 Å². The number of aromatic nitrogens is 1. The number of nitrogens with zero attached hydrogens (tertiary/aromatic N) is 1. The first-order valence-electron chi connectivity index (χ1n) is 4.47. The third-order valence-corrected chi connectivity index (χ3v) is 3.11. The molecule has 2 rings (SSSR count). The Morgan fingerprint density at radius 3 is 3.00 bits per heavy atom. The molecule has 1 aromatic carbocycles. The zero-order valence-corrected chi connectivity index (χ0v) is 9.76. The summed E-state index contributed by atoms with van der Waals surface area (Å²) in [6.45, 7) is 0. The topological polar surface area (TPSA) is 48.8 Å². The monoisotopic (exact) mass is 264 g/mol. The molecule has 0 radical (unpaired) electrons. The first kappa shape index (κ1) is 10.1. The highest BCUT2D eigenvalue weighted by atomic mass is 79.9. The normalized spacial score (nSPS) is 10.2. The summed E-state index contributed by atoms with van der Waals surface area (Å²) in [7, 11) is 1.63. The number of rotatable bonds is 2. The van der Waals surface area contributed by atoms with Gasteiger partial charge in [-0.05, 0) is 33.6 Å². The summed E-state index contributed by atoms with van der Waals surface area (Å²) in [5.41, 5.74) is 1.99. The van der Waals surface area contributed by atoms with Crippen molar-refractivity contribution in [1.29, 1.82) is 5.26 Å². The summed E-state index contributed by atoms with van der Waals surface area (Å²) in [6.07, 6.45) is 2.25. The van der Waals surface area contributed by atoms with Gasteiger partial charge in [-0.3, -0.25) is 0 Å². The Labute approximate surface area is 95.8 Å². The summed E-state index contributed by atoms with van der Waals surface area (Å²) >= 11 is 3.49. The van der Waals surface area contributed by atoms with Gasteiger partial charge in [0.2, 0.25) is 0 Å². The Bertz CT molecular complexity index is 539. The molecule has 1 aromatic heterocycles. The molecule has 0 bridgehead atoms. The number of nitriles is 1. The van der Waals surface area contributed by atoms with Crippen molar-refractivity contribution in [2.45, 2.75) is 6.42 Å². The first-order chi connectivity index (χ1) is 7.27. The molecule has 0 aliphatic carbocycles. The molecular formula is C11H9BrN2O. The molecule has 0 aliphatic rings. The van der Waals surface area contributed by atoms with Gasteiger partial charge in [0, 0.05) is 17.1 Å². The number of aromatic amines is 1. The molecule has 76 valence electrons. The van der Waals surface area contributed by atoms with Gasteiger partial charge in [0.15, 0.2) is 0 Å². The minimum atomic E-state index is 0.395. The largest absolute Gasteiger partial charge is 0.496 e. The number of nitrogens with one attached hydrogen (secondary N) is 1. The molecule has 0 atom stereocenters. The fourth-order valence-corrected chi connectivity index (χ4v) is 2.37. The molecule has 0 saturated heterocycles. The van der Waals surface area contributed by atoms with E-state index in [2.05, 4.69) is 27.0 Å². The van der Waals surface area contributed by atoms with Crippen LogP contribution in [0.4, 0.5) is 0 Å². The Hall–Kier alpha value is -1.47. The van der Waals surface area contributed by atoms with Crippen molar-refractivity contribution in [3.05, 3.63) is 28.4 Å². The molecular weight excluding hydrogens is 256 g/mol. The Balaban J connectivity index is 2.71. The van der Waals surface area contributed by atoms with Crippen LogP contribution in [0.5, 0.6) is 5.75 Å². The average Bonchev–Trinajstić information content (AvgIpc) is 2.64. The summed E-state index contributed by atoms with van der Waals surface area (Å²) in [6, 6.07) is 5.98. The van der Waals surface area contributed by atoms with E-state index >= 15 is 0 Å². The lowest BCUT2D eigenvalue weighted by molar-refractivity contribution is 0.413. The van der Waals surface area contributed by atoms with Crippen LogP contribution in [0.15, 0.2) is 22.8 Å². The lowest BCUT2D eigenvalue weighted by atomic mass is 10.1. The van der Waals surface area contributed by atoms with E-state index in [-0.39, 0.29) is 0 Å². The molecule has 3 nitrogen and oxygen atoms in total. The lowest BCUT2D eigenvalue weighted by Crippen LogP contribution is -1.86. The van der Waals surface area contributed by atoms with E-state index in [0.29, 0.717) is 6.42 Å². The maximum atomic E-state index is 8.70. The van der Waals surface area contributed by atoms with Gasteiger partial charge in [-0.25, -0.2) is 0 Å². The predicted octanol–water partition coefficient (Wildman–Crippen LogP) is 3.01. The van der Waals surface area contributed by atoms with Crippen molar-refractivity contribution < 1.29 is 4.74 Å². The van der Waals surface area contributed by atoms with E-state index < -0.39 is 0 Å². The summed E-state index contributed by atoms with van der Waals surface area (Å²) in [5, 5.41) is 9.73. The quantitative estimate of drug-likeness (QED) is 0.907. The van der Waals surface area contributed by atoms with Gasteiger partial charge in [-0.1, -0.05) is 0 Å². The maximum absolute atomic E-state index is 8.70. The van der Waals surface area contributed by atoms with Crippen molar-refractivity contribution in [1.82, 2.24) is 4.98 Å². The van der Waals surface area contributed by atoms with E-state index in [0.717, 1.165) is 26.7 Å². The molecule has 15 heavy (non-hydrogen) atoms. The van der Waals surface area contributed by atoms with E-state index in [9.17, 15) is 0 Å². The smallest absolute Gasteiger partial charge is 0.133 e. The highest BCUT2D eigenvalue weighted by Gasteiger charge is 2.10. The van der Waals surface area contributed by atoms with Gasteiger partial charge in [-0.2, -0.15) is 5.26 Å². The molecule has 0 spiro atoms. The van der Waals surface area contributed by atoms with Gasteiger partial charge < -0.3 is 9.72 Å². The molecule has 0 unspecified atom stereocenters. The van der Waals surface area contributed by atoms with Gasteiger partial charge in [0.1, 0.15) is 5.75 Å². The second-order valence-corrected chi connectivity index (χ2v) is 3.95. The highest BCUT2D eigenvalue weighted by Crippen LogP contribution is 2.34. The van der Waals surface area contributed by atoms with Crippen molar-refractivity contribution in [2.24, 2.45) is 0 Å². The SMILES string of the molecule is COc1ccc2[nH]cc(CC#N)c2c1Br. The standard InChI is InChI=1S/C11H9BrN2O/c1-15-9-3-2-8-10(11(9)12)7(4-5-13)6-14-8/h2-3,6,14H,4H2,1H3. The van der Waals surface area contributed by atoms with E-state index in [1.807, 2.05) is 18.3 Å². The van der Waals surface area contributed by atoms with Gasteiger partial charge >= 0.3 is 0 Å². The van der Waals surface area contributed by atoms with Crippen molar-refractivity contribution >= 4 is 26.8 Å². The molecule has 0 aliphatic heterocycles. The molecule has 2 aromatic rings. The van der Waals surface area contributed by atoms with Gasteiger partial charge in [0.05, 0.1) is 24.1 Å². The lowest BCUT2D eigenvalue weighted by Gasteiger charge is -2.04. The van der Waals surface area contributed by atoms with Crippen LogP contribution in [0.1, 0.15) is 5.56 Å². The number of H-pyrrole nitrogens is 1. The second-order valence-electron chi connectivity index (χ2n) is 3.15. The van der Waals surface area contributed by atoms with Gasteiger partial charge in [0.25, 0.3) is 0 Å². The summed E-state index contributed by atoms with van der Waals surface area (Å²) in [5.74, 6) is 0.779. The number of fused-ring (bicyclic) bond motifs is 1. The molecule has 1 heterocycles. The molecule has 0 fully saturated rings. The molecule has 0 amide bonds. The Kier molecular flexibility index (Phi) is 2.65. The molecule has 0 saturated carbocycles. The van der Waals surface area contributed by atoms with Crippen LogP contribution < -0.4 is 4.74 Å². The van der Waals surface area contributed by atoms with Crippen LogP contribution in [0, 0.1) is 11.3 Å². The van der Waals surface area contributed by atoms with E-state index in [1.54, 1.807) is 7.11 Å². The number of hydrogen-bond acceptors (Lipinski definition) is 2. The maximum Gasteiger partial charge on any atom is 0.133 e. The number of methoxy groups -OCH3 is 1. The predicted molar refractivity (Wildman–Crippen MR) is 61.9 cm³/mol. The van der Waals surface area contributed by atoms with Crippen LogP contribution in [0.25, 0.3) is 10.9 Å². The fraction of sp³-hybridized carbons (Fsp3) is 0.182. The van der Waals surface area contributed by atoms with Crippen molar-refractivity contribution in [3.63, 3.8) is 0 Å². The van der Waals surface area contributed by atoms with Crippen LogP contribution in [0.2, 0.25) is 0 Å². The summed E-state index contributed by atoms with van der Waals surface area (Å²) < 4.78 is 6.11. The number of ether oxygens (including phenoxy) is 1. The third kappa shape index (κ3) is 1.59. The number of halogens is 1. The first-order valence-corrected chi connectivity index (χ1v) is 5.26. The Morgan fingerprint density at radius 2 is 2.33 bits per heavy atom. The van der Waals surface area contributed by atoms with Crippen molar-refractivity contribution in [2.75, 3.05) is 7.11 Å². The fourth-order valence-electron chi connectivity index (χ4n) is 1.61. The number of benzene rings is 1. The number of hydrogen-bond donors (Lipinski definition) is 1. The van der Waals surface area contributed by atoms with Crippen LogP contribution in [-0.4, -0.2) is 12.1 Å². The second kappa shape index (κ2) is 3.95. The minimum absolute atomic E-state index is 0.395. The van der Waals surface area contributed by atoms with Crippen molar-refractivity contribution in [3.8, 4) is 11.8 Å². The zero-order valence-electron chi connectivity index (χ0n) is 8.17. The minimum Gasteiger partial charge on any atom is -0.496 e. The van der Waals surface area contributed by atoms with Crippen LogP contribution >= 0.6 is 15.9 Å². The average molecular weight is 265 g/mol. The molecule has 4 heteroatoms. The van der Waals surface area contributed by atoms with E-state index in [4.69, 9.17) is 10.00 Å².